The Kier molecular flexibility index (Phi) is 5.56. The van der Waals surface area contributed by atoms with Gasteiger partial charge in [-0.2, -0.15) is 13.2 Å². The number of amides is 4. The number of carbonyl (C=O) groups excluding carboxylic acids is 3. The molecule has 4 amide bonds. The molecule has 1 aliphatic carbocycles. The van der Waals surface area contributed by atoms with E-state index in [1.165, 1.54) is 6.07 Å². The van der Waals surface area contributed by atoms with Crippen molar-refractivity contribution in [3.63, 3.8) is 0 Å². The summed E-state index contributed by atoms with van der Waals surface area (Å²) in [4.78, 5) is 38.7. The topological polar surface area (TPSA) is 78.5 Å². The van der Waals surface area contributed by atoms with Gasteiger partial charge in [-0.25, -0.2) is 4.79 Å². The molecule has 2 atom stereocenters. The summed E-state index contributed by atoms with van der Waals surface area (Å²) in [5, 5.41) is 4.55. The number of hydrogen-bond donors (Lipinski definition) is 2. The van der Waals surface area contributed by atoms with E-state index in [0.29, 0.717) is 18.9 Å². The van der Waals surface area contributed by atoms with Gasteiger partial charge in [0.25, 0.3) is 5.91 Å². The molecule has 1 aromatic carbocycles. The summed E-state index contributed by atoms with van der Waals surface area (Å²) in [6.45, 7) is 5.47. The Balaban J connectivity index is 1.73. The van der Waals surface area contributed by atoms with E-state index >= 15 is 0 Å². The van der Waals surface area contributed by atoms with Crippen molar-refractivity contribution >= 4 is 35.1 Å². The predicted molar refractivity (Wildman–Crippen MR) is 105 cm³/mol. The van der Waals surface area contributed by atoms with Crippen molar-refractivity contribution in [1.82, 2.24) is 10.2 Å². The van der Waals surface area contributed by atoms with Gasteiger partial charge in [-0.3, -0.25) is 14.5 Å². The molecular formula is C20H23ClF3N3O3. The monoisotopic (exact) mass is 445 g/mol. The highest BCUT2D eigenvalue weighted by molar-refractivity contribution is 6.31. The number of urea groups is 1. The lowest BCUT2D eigenvalue weighted by Crippen LogP contribution is -2.54. The van der Waals surface area contributed by atoms with E-state index in [1.54, 1.807) is 0 Å². The zero-order valence-electron chi connectivity index (χ0n) is 16.8. The number of hydrogen-bond acceptors (Lipinski definition) is 3. The highest BCUT2D eigenvalue weighted by Gasteiger charge is 2.56. The molecule has 0 radical (unpaired) electrons. The van der Waals surface area contributed by atoms with E-state index < -0.39 is 46.7 Å². The minimum absolute atomic E-state index is 0.133. The molecule has 0 aromatic heterocycles. The third-order valence-electron chi connectivity index (χ3n) is 5.48. The first kappa shape index (κ1) is 22.4. The number of rotatable bonds is 3. The molecule has 2 unspecified atom stereocenters. The van der Waals surface area contributed by atoms with Crippen LogP contribution in [-0.4, -0.2) is 34.8 Å². The number of carbonyl (C=O) groups is 3. The van der Waals surface area contributed by atoms with Crippen LogP contribution in [0.15, 0.2) is 18.2 Å². The Hall–Kier alpha value is -2.29. The molecule has 2 N–H and O–H groups in total. The molecule has 1 saturated heterocycles. The van der Waals surface area contributed by atoms with Crippen LogP contribution < -0.4 is 10.6 Å². The van der Waals surface area contributed by atoms with Gasteiger partial charge in [0.1, 0.15) is 12.1 Å². The smallest absolute Gasteiger partial charge is 0.325 e. The van der Waals surface area contributed by atoms with Gasteiger partial charge >= 0.3 is 12.2 Å². The zero-order chi connectivity index (χ0) is 22.5. The van der Waals surface area contributed by atoms with E-state index in [9.17, 15) is 27.6 Å². The van der Waals surface area contributed by atoms with Crippen molar-refractivity contribution in [2.45, 2.75) is 51.7 Å². The van der Waals surface area contributed by atoms with Gasteiger partial charge in [0, 0.05) is 5.69 Å². The molecule has 164 valence electrons. The Morgan fingerprint density at radius 1 is 1.30 bits per heavy atom. The van der Waals surface area contributed by atoms with Crippen LogP contribution in [0.5, 0.6) is 0 Å². The fraction of sp³-hybridized carbons (Fsp3) is 0.550. The quantitative estimate of drug-likeness (QED) is 0.675. The molecular weight excluding hydrogens is 423 g/mol. The second kappa shape index (κ2) is 7.44. The van der Waals surface area contributed by atoms with Crippen molar-refractivity contribution in [2.75, 3.05) is 11.9 Å². The number of alkyl halides is 3. The highest BCUT2D eigenvalue weighted by Crippen LogP contribution is 2.46. The predicted octanol–water partition coefficient (Wildman–Crippen LogP) is 4.43. The lowest BCUT2D eigenvalue weighted by atomic mass is 9.64. The fourth-order valence-corrected chi connectivity index (χ4v) is 5.04. The number of nitrogens with zero attached hydrogens (tertiary/aromatic N) is 1. The van der Waals surface area contributed by atoms with Crippen LogP contribution in [0.25, 0.3) is 0 Å². The number of halogens is 4. The van der Waals surface area contributed by atoms with Gasteiger partial charge in [-0.05, 0) is 48.8 Å². The summed E-state index contributed by atoms with van der Waals surface area (Å²) < 4.78 is 39.0. The number of imide groups is 1. The SMILES string of the molecule is CC1CC(C)(C)CC2(C1)NC(=O)N(CC(=O)Nc1ccc(Cl)c(C(F)(F)F)c1)C2=O. The molecule has 1 heterocycles. The van der Waals surface area contributed by atoms with Gasteiger partial charge in [0.15, 0.2) is 0 Å². The second-order valence-electron chi connectivity index (χ2n) is 9.00. The molecule has 1 saturated carbocycles. The van der Waals surface area contributed by atoms with E-state index in [-0.39, 0.29) is 17.0 Å². The molecule has 2 aliphatic rings. The summed E-state index contributed by atoms with van der Waals surface area (Å²) in [5.41, 5.74) is -2.43. The van der Waals surface area contributed by atoms with Gasteiger partial charge < -0.3 is 10.6 Å². The van der Waals surface area contributed by atoms with Crippen molar-refractivity contribution in [2.24, 2.45) is 11.3 Å². The summed E-state index contributed by atoms with van der Waals surface area (Å²) in [6.07, 6.45) is -2.83. The van der Waals surface area contributed by atoms with Gasteiger partial charge in [-0.1, -0.05) is 32.4 Å². The lowest BCUT2D eigenvalue weighted by Gasteiger charge is -2.43. The zero-order valence-corrected chi connectivity index (χ0v) is 17.6. The summed E-state index contributed by atoms with van der Waals surface area (Å²) in [6, 6.07) is 2.27. The summed E-state index contributed by atoms with van der Waals surface area (Å²) in [5.74, 6) is -1.05. The molecule has 1 aliphatic heterocycles. The van der Waals surface area contributed by atoms with Crippen molar-refractivity contribution in [3.05, 3.63) is 28.8 Å². The number of benzene rings is 1. The van der Waals surface area contributed by atoms with Crippen molar-refractivity contribution in [1.29, 1.82) is 0 Å². The Labute approximate surface area is 177 Å². The maximum absolute atomic E-state index is 13.0. The van der Waals surface area contributed by atoms with Gasteiger partial charge in [-0.15, -0.1) is 0 Å². The molecule has 3 rings (SSSR count). The van der Waals surface area contributed by atoms with Crippen LogP contribution >= 0.6 is 11.6 Å². The molecule has 0 bridgehead atoms. The number of anilines is 1. The molecule has 6 nitrogen and oxygen atoms in total. The third-order valence-corrected chi connectivity index (χ3v) is 5.81. The Morgan fingerprint density at radius 3 is 2.57 bits per heavy atom. The normalized spacial score (nSPS) is 26.1. The van der Waals surface area contributed by atoms with Crippen molar-refractivity contribution in [3.8, 4) is 0 Å². The minimum atomic E-state index is -4.68. The first-order valence-electron chi connectivity index (χ1n) is 9.53. The summed E-state index contributed by atoms with van der Waals surface area (Å²) >= 11 is 5.57. The third kappa shape index (κ3) is 4.40. The molecule has 10 heteroatoms. The Bertz CT molecular complexity index is 903. The maximum atomic E-state index is 13.0. The van der Waals surface area contributed by atoms with E-state index in [4.69, 9.17) is 11.6 Å². The average Bonchev–Trinajstić information content (AvgIpc) is 2.77. The minimum Gasteiger partial charge on any atom is -0.325 e. The molecule has 1 spiro atoms. The summed E-state index contributed by atoms with van der Waals surface area (Å²) in [7, 11) is 0. The van der Waals surface area contributed by atoms with Crippen LogP contribution in [-0.2, 0) is 15.8 Å². The van der Waals surface area contributed by atoms with E-state index in [2.05, 4.69) is 10.6 Å². The van der Waals surface area contributed by atoms with E-state index in [0.717, 1.165) is 17.4 Å². The van der Waals surface area contributed by atoms with Crippen molar-refractivity contribution < 1.29 is 27.6 Å². The average molecular weight is 446 g/mol. The molecule has 2 fully saturated rings. The largest absolute Gasteiger partial charge is 0.417 e. The van der Waals surface area contributed by atoms with Crippen LogP contribution in [0.3, 0.4) is 0 Å². The first-order valence-corrected chi connectivity index (χ1v) is 9.91. The standard InChI is InChI=1S/C20H23ClF3N3O3/c1-11-7-18(2,3)10-19(8-11)16(29)27(17(30)26-19)9-15(28)25-12-4-5-14(21)13(6-12)20(22,23)24/h4-6,11H,7-10H2,1-3H3,(H,25,28)(H,26,30). The van der Waals surface area contributed by atoms with Crippen LogP contribution in [0.1, 0.15) is 45.6 Å². The van der Waals surface area contributed by atoms with E-state index in [1.807, 2.05) is 20.8 Å². The Morgan fingerprint density at radius 2 is 1.97 bits per heavy atom. The fourth-order valence-electron chi connectivity index (χ4n) is 4.81. The highest BCUT2D eigenvalue weighted by atomic mass is 35.5. The molecule has 1 aromatic rings. The second-order valence-corrected chi connectivity index (χ2v) is 9.41. The lowest BCUT2D eigenvalue weighted by molar-refractivity contribution is -0.137. The van der Waals surface area contributed by atoms with Crippen LogP contribution in [0, 0.1) is 11.3 Å². The maximum Gasteiger partial charge on any atom is 0.417 e. The molecule has 30 heavy (non-hydrogen) atoms. The van der Waals surface area contributed by atoms with Gasteiger partial charge in [0.05, 0.1) is 10.6 Å². The van der Waals surface area contributed by atoms with Crippen LogP contribution in [0.2, 0.25) is 5.02 Å². The number of nitrogens with one attached hydrogen (secondary N) is 2. The van der Waals surface area contributed by atoms with Gasteiger partial charge in [0.2, 0.25) is 5.91 Å². The first-order chi connectivity index (χ1) is 13.7. The van der Waals surface area contributed by atoms with Crippen LogP contribution in [0.4, 0.5) is 23.7 Å².